The van der Waals surface area contributed by atoms with E-state index in [-0.39, 0.29) is 6.04 Å². The van der Waals surface area contributed by atoms with E-state index in [1.807, 2.05) is 37.3 Å². The van der Waals surface area contributed by atoms with E-state index in [0.717, 1.165) is 16.3 Å². The normalized spacial score (nSPS) is 12.2. The van der Waals surface area contributed by atoms with E-state index < -0.39 is 0 Å². The monoisotopic (exact) mass is 299 g/mol. The second-order valence-electron chi connectivity index (χ2n) is 4.02. The molecule has 0 fully saturated rings. The predicted octanol–water partition coefficient (Wildman–Crippen LogP) is 5.82. The highest BCUT2D eigenvalue weighted by Crippen LogP contribution is 2.29. The third kappa shape index (κ3) is 3.11. The van der Waals surface area contributed by atoms with Gasteiger partial charge < -0.3 is 5.32 Å². The van der Waals surface area contributed by atoms with Gasteiger partial charge in [-0.2, -0.15) is 0 Å². The van der Waals surface area contributed by atoms with Gasteiger partial charge >= 0.3 is 0 Å². The van der Waals surface area contributed by atoms with Gasteiger partial charge in [0, 0.05) is 16.8 Å². The van der Waals surface area contributed by atoms with Crippen molar-refractivity contribution in [1.82, 2.24) is 0 Å². The SMILES string of the molecule is CC(Nc1ccc(Cl)c(Cl)c1)c1ccccc1Cl. The lowest BCUT2D eigenvalue weighted by Gasteiger charge is -2.17. The molecule has 0 bridgehead atoms. The van der Waals surface area contributed by atoms with E-state index >= 15 is 0 Å². The molecule has 1 atom stereocenters. The molecular weight excluding hydrogens is 289 g/mol. The fourth-order valence-electron chi connectivity index (χ4n) is 1.74. The first-order valence-corrected chi connectivity index (χ1v) is 6.67. The van der Waals surface area contributed by atoms with Crippen molar-refractivity contribution in [2.24, 2.45) is 0 Å². The quantitative estimate of drug-likeness (QED) is 0.753. The second-order valence-corrected chi connectivity index (χ2v) is 5.24. The summed E-state index contributed by atoms with van der Waals surface area (Å²) in [5.41, 5.74) is 1.96. The van der Waals surface area contributed by atoms with Gasteiger partial charge in [0.1, 0.15) is 0 Å². The summed E-state index contributed by atoms with van der Waals surface area (Å²) in [4.78, 5) is 0. The number of anilines is 1. The molecule has 0 saturated carbocycles. The predicted molar refractivity (Wildman–Crippen MR) is 80.0 cm³/mol. The summed E-state index contributed by atoms with van der Waals surface area (Å²) in [6.07, 6.45) is 0. The Morgan fingerprint density at radius 1 is 0.889 bits per heavy atom. The lowest BCUT2D eigenvalue weighted by Crippen LogP contribution is -2.06. The highest BCUT2D eigenvalue weighted by molar-refractivity contribution is 6.42. The Morgan fingerprint density at radius 2 is 1.61 bits per heavy atom. The highest BCUT2D eigenvalue weighted by atomic mass is 35.5. The molecule has 1 nitrogen and oxygen atoms in total. The minimum absolute atomic E-state index is 0.0935. The molecule has 0 heterocycles. The summed E-state index contributed by atoms with van der Waals surface area (Å²) in [6.45, 7) is 2.05. The number of rotatable bonds is 3. The molecule has 0 radical (unpaired) electrons. The third-order valence-corrected chi connectivity index (χ3v) is 3.76. The maximum Gasteiger partial charge on any atom is 0.0612 e. The summed E-state index contributed by atoms with van der Waals surface area (Å²) in [7, 11) is 0. The Bertz CT molecular complexity index is 554. The van der Waals surface area contributed by atoms with E-state index in [9.17, 15) is 0 Å². The summed E-state index contributed by atoms with van der Waals surface area (Å²) in [5.74, 6) is 0. The summed E-state index contributed by atoms with van der Waals surface area (Å²) in [6, 6.07) is 13.3. The first kappa shape index (κ1) is 13.5. The Kier molecular flexibility index (Phi) is 4.39. The van der Waals surface area contributed by atoms with Crippen LogP contribution in [-0.2, 0) is 0 Å². The Morgan fingerprint density at radius 3 is 2.28 bits per heavy atom. The van der Waals surface area contributed by atoms with Crippen LogP contribution in [0, 0.1) is 0 Å². The van der Waals surface area contributed by atoms with Crippen LogP contribution in [0.3, 0.4) is 0 Å². The van der Waals surface area contributed by atoms with Gasteiger partial charge in [0.05, 0.1) is 10.0 Å². The van der Waals surface area contributed by atoms with Crippen LogP contribution in [0.1, 0.15) is 18.5 Å². The van der Waals surface area contributed by atoms with E-state index in [0.29, 0.717) is 10.0 Å². The molecule has 0 amide bonds. The third-order valence-electron chi connectivity index (χ3n) is 2.67. The van der Waals surface area contributed by atoms with Crippen LogP contribution in [0.25, 0.3) is 0 Å². The molecule has 2 rings (SSSR count). The van der Waals surface area contributed by atoms with Gasteiger partial charge in [0.25, 0.3) is 0 Å². The van der Waals surface area contributed by atoms with Crippen molar-refractivity contribution in [2.45, 2.75) is 13.0 Å². The Labute approximate surface area is 122 Å². The van der Waals surface area contributed by atoms with Crippen LogP contribution < -0.4 is 5.32 Å². The van der Waals surface area contributed by atoms with Gasteiger partial charge in [0.2, 0.25) is 0 Å². The molecule has 0 aromatic heterocycles. The van der Waals surface area contributed by atoms with Gasteiger partial charge in [0.15, 0.2) is 0 Å². The summed E-state index contributed by atoms with van der Waals surface area (Å²) < 4.78 is 0. The second kappa shape index (κ2) is 5.83. The van der Waals surface area contributed by atoms with Crippen molar-refractivity contribution < 1.29 is 0 Å². The minimum Gasteiger partial charge on any atom is -0.378 e. The van der Waals surface area contributed by atoms with Crippen molar-refractivity contribution in [3.8, 4) is 0 Å². The van der Waals surface area contributed by atoms with Crippen LogP contribution in [0.2, 0.25) is 15.1 Å². The summed E-state index contributed by atoms with van der Waals surface area (Å²) >= 11 is 18.0. The smallest absolute Gasteiger partial charge is 0.0612 e. The van der Waals surface area contributed by atoms with Crippen LogP contribution >= 0.6 is 34.8 Å². The van der Waals surface area contributed by atoms with Crippen molar-refractivity contribution in [3.05, 3.63) is 63.1 Å². The van der Waals surface area contributed by atoms with Gasteiger partial charge in [-0.05, 0) is 36.8 Å². The fourth-order valence-corrected chi connectivity index (χ4v) is 2.34. The van der Waals surface area contributed by atoms with Crippen LogP contribution in [-0.4, -0.2) is 0 Å². The van der Waals surface area contributed by atoms with Gasteiger partial charge in [-0.3, -0.25) is 0 Å². The fraction of sp³-hybridized carbons (Fsp3) is 0.143. The number of nitrogens with one attached hydrogen (secondary N) is 1. The molecule has 0 aliphatic carbocycles. The molecule has 18 heavy (non-hydrogen) atoms. The molecule has 94 valence electrons. The lowest BCUT2D eigenvalue weighted by atomic mass is 10.1. The number of hydrogen-bond acceptors (Lipinski definition) is 1. The minimum atomic E-state index is 0.0935. The maximum absolute atomic E-state index is 6.15. The largest absolute Gasteiger partial charge is 0.378 e. The molecule has 1 unspecified atom stereocenters. The molecule has 2 aromatic rings. The Balaban J connectivity index is 2.19. The van der Waals surface area contributed by atoms with E-state index in [1.54, 1.807) is 12.1 Å². The Hall–Kier alpha value is -0.890. The zero-order valence-corrected chi connectivity index (χ0v) is 12.0. The maximum atomic E-state index is 6.15. The first-order chi connectivity index (χ1) is 8.58. The van der Waals surface area contributed by atoms with E-state index in [4.69, 9.17) is 34.8 Å². The molecule has 0 aliphatic heterocycles. The van der Waals surface area contributed by atoms with Crippen molar-refractivity contribution in [1.29, 1.82) is 0 Å². The molecule has 0 saturated heterocycles. The van der Waals surface area contributed by atoms with E-state index in [1.165, 1.54) is 0 Å². The van der Waals surface area contributed by atoms with Gasteiger partial charge in [-0.15, -0.1) is 0 Å². The average Bonchev–Trinajstić information content (AvgIpc) is 2.34. The van der Waals surface area contributed by atoms with Crippen molar-refractivity contribution in [2.75, 3.05) is 5.32 Å². The van der Waals surface area contributed by atoms with Crippen LogP contribution in [0.4, 0.5) is 5.69 Å². The van der Waals surface area contributed by atoms with Crippen LogP contribution in [0.15, 0.2) is 42.5 Å². The topological polar surface area (TPSA) is 12.0 Å². The molecule has 0 spiro atoms. The zero-order valence-electron chi connectivity index (χ0n) is 9.75. The molecule has 1 N–H and O–H groups in total. The van der Waals surface area contributed by atoms with E-state index in [2.05, 4.69) is 5.32 Å². The molecule has 0 aliphatic rings. The average molecular weight is 301 g/mol. The zero-order chi connectivity index (χ0) is 13.1. The summed E-state index contributed by atoms with van der Waals surface area (Å²) in [5, 5.41) is 5.17. The molecule has 2 aromatic carbocycles. The highest BCUT2D eigenvalue weighted by Gasteiger charge is 2.09. The number of hydrogen-bond donors (Lipinski definition) is 1. The first-order valence-electron chi connectivity index (χ1n) is 5.54. The van der Waals surface area contributed by atoms with Gasteiger partial charge in [-0.25, -0.2) is 0 Å². The lowest BCUT2D eigenvalue weighted by molar-refractivity contribution is 0.885. The molecule has 4 heteroatoms. The standard InChI is InChI=1S/C14H12Cl3N/c1-9(11-4-2-3-5-12(11)15)18-10-6-7-13(16)14(17)8-10/h2-9,18H,1H3. The van der Waals surface area contributed by atoms with Crippen molar-refractivity contribution >= 4 is 40.5 Å². The number of halogens is 3. The van der Waals surface area contributed by atoms with Crippen molar-refractivity contribution in [3.63, 3.8) is 0 Å². The van der Waals surface area contributed by atoms with Gasteiger partial charge in [-0.1, -0.05) is 53.0 Å². The number of benzene rings is 2. The van der Waals surface area contributed by atoms with Crippen LogP contribution in [0.5, 0.6) is 0 Å². The molecular formula is C14H12Cl3N.